The molecule has 0 unspecified atom stereocenters. The zero-order valence-electron chi connectivity index (χ0n) is 16.8. The number of ether oxygens (including phenoxy) is 1. The van der Waals surface area contributed by atoms with E-state index in [9.17, 15) is 4.39 Å². The minimum atomic E-state index is -0.455. The summed E-state index contributed by atoms with van der Waals surface area (Å²) in [5.74, 6) is 0.0512. The van der Waals surface area contributed by atoms with Gasteiger partial charge in [0.05, 0.1) is 31.3 Å². The molecule has 1 fully saturated rings. The third kappa shape index (κ3) is 4.22. The summed E-state index contributed by atoms with van der Waals surface area (Å²) in [6.07, 6.45) is 2.88. The summed E-state index contributed by atoms with van der Waals surface area (Å²) in [5, 5.41) is 4.27. The predicted octanol–water partition coefficient (Wildman–Crippen LogP) is 4.07. The van der Waals surface area contributed by atoms with Gasteiger partial charge in [-0.2, -0.15) is 10.1 Å². The molecule has 3 heterocycles. The van der Waals surface area contributed by atoms with Gasteiger partial charge in [0.2, 0.25) is 5.95 Å². The lowest BCUT2D eigenvalue weighted by atomic mass is 10.2. The average molecular weight is 473 g/mol. The highest BCUT2D eigenvalue weighted by Crippen LogP contribution is 2.26. The molecule has 9 heteroatoms. The van der Waals surface area contributed by atoms with Crippen molar-refractivity contribution in [2.24, 2.45) is 5.10 Å². The van der Waals surface area contributed by atoms with Crippen LogP contribution in [0.1, 0.15) is 17.0 Å². The van der Waals surface area contributed by atoms with Crippen molar-refractivity contribution >= 4 is 33.9 Å². The van der Waals surface area contributed by atoms with Crippen molar-refractivity contribution in [2.45, 2.75) is 13.8 Å². The van der Waals surface area contributed by atoms with Crippen LogP contribution in [-0.4, -0.2) is 47.1 Å². The number of aryl methyl sites for hydroxylation is 1. The largest absolute Gasteiger partial charge is 0.378 e. The molecule has 0 amide bonds. The van der Waals surface area contributed by atoms with Crippen molar-refractivity contribution in [3.63, 3.8) is 0 Å². The Kier molecular flexibility index (Phi) is 6.10. The van der Waals surface area contributed by atoms with Gasteiger partial charge in [0.25, 0.3) is 0 Å². The van der Waals surface area contributed by atoms with E-state index in [0.717, 1.165) is 33.3 Å². The van der Waals surface area contributed by atoms with Crippen LogP contribution < -0.4 is 10.3 Å². The number of morpholine rings is 1. The van der Waals surface area contributed by atoms with E-state index >= 15 is 0 Å². The molecule has 1 aliphatic heterocycles. The number of hydrazone groups is 1. The molecule has 0 bridgehead atoms. The third-order valence-corrected chi connectivity index (χ3v) is 5.64. The quantitative estimate of drug-likeness (QED) is 0.447. The first kappa shape index (κ1) is 20.5. The standard InChI is InChI=1S/C21H22BrFN6O/c1-14-11-16(15(2)29(14)19-6-4-3-5-17(19)22)12-25-27-21-24-13-18(23)20(26-21)28-7-9-30-10-8-28/h3-6,11-13H,7-10H2,1-2H3,(H,24,26,27)/b25-12-. The van der Waals surface area contributed by atoms with Gasteiger partial charge in [-0.1, -0.05) is 12.1 Å². The van der Waals surface area contributed by atoms with Crippen LogP contribution >= 0.6 is 15.9 Å². The maximum atomic E-state index is 14.2. The molecule has 0 aliphatic carbocycles. The first-order valence-corrected chi connectivity index (χ1v) is 10.4. The van der Waals surface area contributed by atoms with Gasteiger partial charge >= 0.3 is 0 Å². The monoisotopic (exact) mass is 472 g/mol. The fourth-order valence-electron chi connectivity index (χ4n) is 3.49. The Morgan fingerprint density at radius 3 is 2.77 bits per heavy atom. The minimum absolute atomic E-state index is 0.244. The lowest BCUT2D eigenvalue weighted by Gasteiger charge is -2.27. The molecule has 0 atom stereocenters. The van der Waals surface area contributed by atoms with Crippen molar-refractivity contribution in [3.8, 4) is 5.69 Å². The Morgan fingerprint density at radius 2 is 2.00 bits per heavy atom. The molecule has 30 heavy (non-hydrogen) atoms. The van der Waals surface area contributed by atoms with E-state index in [1.807, 2.05) is 30.0 Å². The van der Waals surface area contributed by atoms with E-state index in [4.69, 9.17) is 4.74 Å². The second kappa shape index (κ2) is 8.93. The molecule has 156 valence electrons. The van der Waals surface area contributed by atoms with Crippen LogP contribution in [0.5, 0.6) is 0 Å². The Bertz CT molecular complexity index is 1080. The fourth-order valence-corrected chi connectivity index (χ4v) is 3.95. The van der Waals surface area contributed by atoms with Crippen molar-refractivity contribution in [3.05, 3.63) is 63.8 Å². The number of hydrogen-bond donors (Lipinski definition) is 1. The second-order valence-corrected chi connectivity index (χ2v) is 7.80. The summed E-state index contributed by atoms with van der Waals surface area (Å²) in [6.45, 7) is 6.39. The molecule has 0 saturated carbocycles. The van der Waals surface area contributed by atoms with Gasteiger partial charge in [0, 0.05) is 34.5 Å². The van der Waals surface area contributed by atoms with Gasteiger partial charge in [-0.3, -0.25) is 0 Å². The molecule has 4 rings (SSSR count). The van der Waals surface area contributed by atoms with E-state index < -0.39 is 5.82 Å². The summed E-state index contributed by atoms with van der Waals surface area (Å²) in [6, 6.07) is 10.1. The summed E-state index contributed by atoms with van der Waals surface area (Å²) >= 11 is 3.61. The number of nitrogens with one attached hydrogen (secondary N) is 1. The molecule has 2 aromatic heterocycles. The molecule has 1 N–H and O–H groups in total. The summed E-state index contributed by atoms with van der Waals surface area (Å²) < 4.78 is 22.7. The molecular weight excluding hydrogens is 451 g/mol. The summed E-state index contributed by atoms with van der Waals surface area (Å²) in [5.41, 5.74) is 6.99. The van der Waals surface area contributed by atoms with Crippen molar-refractivity contribution in [2.75, 3.05) is 36.6 Å². The number of anilines is 2. The van der Waals surface area contributed by atoms with Crippen molar-refractivity contribution < 1.29 is 9.13 Å². The van der Waals surface area contributed by atoms with Crippen LogP contribution in [0.2, 0.25) is 0 Å². The van der Waals surface area contributed by atoms with E-state index in [0.29, 0.717) is 26.3 Å². The Labute approximate surface area is 182 Å². The number of benzene rings is 1. The number of hydrogen-bond acceptors (Lipinski definition) is 6. The van der Waals surface area contributed by atoms with Crippen LogP contribution in [0.15, 0.2) is 46.1 Å². The van der Waals surface area contributed by atoms with E-state index in [1.54, 1.807) is 6.21 Å². The molecule has 7 nitrogen and oxygen atoms in total. The average Bonchev–Trinajstić information content (AvgIpc) is 3.03. The molecule has 3 aromatic rings. The van der Waals surface area contributed by atoms with Crippen molar-refractivity contribution in [1.82, 2.24) is 14.5 Å². The maximum absolute atomic E-state index is 14.2. The van der Waals surface area contributed by atoms with Crippen LogP contribution in [0.4, 0.5) is 16.2 Å². The van der Waals surface area contributed by atoms with Gasteiger partial charge in [-0.05, 0) is 48.0 Å². The van der Waals surface area contributed by atoms with E-state index in [-0.39, 0.29) is 11.8 Å². The first-order valence-electron chi connectivity index (χ1n) is 9.63. The van der Waals surface area contributed by atoms with E-state index in [2.05, 4.69) is 60.0 Å². The lowest BCUT2D eigenvalue weighted by Crippen LogP contribution is -2.37. The molecule has 1 saturated heterocycles. The third-order valence-electron chi connectivity index (χ3n) is 4.97. The van der Waals surface area contributed by atoms with Gasteiger partial charge in [0.1, 0.15) is 0 Å². The molecule has 0 radical (unpaired) electrons. The van der Waals surface area contributed by atoms with Crippen LogP contribution in [0.25, 0.3) is 5.69 Å². The molecule has 1 aromatic carbocycles. The topological polar surface area (TPSA) is 67.6 Å². The highest BCUT2D eigenvalue weighted by molar-refractivity contribution is 9.10. The SMILES string of the molecule is Cc1cc(/C=N\Nc2ncc(F)c(N3CCOCC3)n2)c(C)n1-c1ccccc1Br. The number of halogens is 2. The maximum Gasteiger partial charge on any atom is 0.245 e. The number of rotatable bonds is 5. The first-order chi connectivity index (χ1) is 14.5. The second-order valence-electron chi connectivity index (χ2n) is 6.95. The van der Waals surface area contributed by atoms with Crippen LogP contribution in [0, 0.1) is 19.7 Å². The number of aromatic nitrogens is 3. The Hall–Kier alpha value is -2.78. The van der Waals surface area contributed by atoms with Gasteiger partial charge in [-0.25, -0.2) is 14.8 Å². The van der Waals surface area contributed by atoms with Crippen LogP contribution in [-0.2, 0) is 4.74 Å². The summed E-state index contributed by atoms with van der Waals surface area (Å²) in [7, 11) is 0. The molecular formula is C21H22BrFN6O. The minimum Gasteiger partial charge on any atom is -0.378 e. The Morgan fingerprint density at radius 1 is 1.23 bits per heavy atom. The van der Waals surface area contributed by atoms with Crippen LogP contribution in [0.3, 0.4) is 0 Å². The van der Waals surface area contributed by atoms with Crippen molar-refractivity contribution in [1.29, 1.82) is 0 Å². The smallest absolute Gasteiger partial charge is 0.245 e. The van der Waals surface area contributed by atoms with Gasteiger partial charge in [-0.15, -0.1) is 0 Å². The zero-order valence-corrected chi connectivity index (χ0v) is 18.4. The Balaban J connectivity index is 1.53. The fraction of sp³-hybridized carbons (Fsp3) is 0.286. The highest BCUT2D eigenvalue weighted by Gasteiger charge is 2.18. The normalized spacial score (nSPS) is 14.5. The van der Waals surface area contributed by atoms with Gasteiger partial charge < -0.3 is 14.2 Å². The zero-order chi connectivity index (χ0) is 21.1. The number of para-hydroxylation sites is 1. The molecule has 1 aliphatic rings. The lowest BCUT2D eigenvalue weighted by molar-refractivity contribution is 0.122. The molecule has 0 spiro atoms. The highest BCUT2D eigenvalue weighted by atomic mass is 79.9. The van der Waals surface area contributed by atoms with E-state index in [1.165, 1.54) is 0 Å². The summed E-state index contributed by atoms with van der Waals surface area (Å²) in [4.78, 5) is 10.1. The number of nitrogens with zero attached hydrogens (tertiary/aromatic N) is 5. The van der Waals surface area contributed by atoms with Gasteiger partial charge in [0.15, 0.2) is 11.6 Å². The predicted molar refractivity (Wildman–Crippen MR) is 119 cm³/mol.